The van der Waals surface area contributed by atoms with Crippen molar-refractivity contribution < 1.29 is 9.53 Å². The third-order valence-corrected chi connectivity index (χ3v) is 5.98. The lowest BCUT2D eigenvalue weighted by molar-refractivity contribution is -0.123. The van der Waals surface area contributed by atoms with Gasteiger partial charge in [0.1, 0.15) is 5.75 Å². The Bertz CT molecular complexity index is 903. The van der Waals surface area contributed by atoms with E-state index in [9.17, 15) is 4.79 Å². The summed E-state index contributed by atoms with van der Waals surface area (Å²) < 4.78 is 7.72. The number of nitrogens with one attached hydrogen (secondary N) is 1. The Labute approximate surface area is 143 Å². The van der Waals surface area contributed by atoms with E-state index in [2.05, 4.69) is 16.4 Å². The standard InChI is InChI=1S/C18H17N3O2S/c22-16(19-10-12-11-21-6-8-24-17(21)20-12)14-9-18(14)5-7-23-15-4-2-1-3-13(15)18/h1-4,6,8,11,14H,5,7,9-10H2,(H,19,22). The number of nitrogens with zero attached hydrogens (tertiary/aromatic N) is 2. The summed E-state index contributed by atoms with van der Waals surface area (Å²) in [7, 11) is 0. The van der Waals surface area contributed by atoms with Gasteiger partial charge >= 0.3 is 0 Å². The number of imidazole rings is 1. The van der Waals surface area contributed by atoms with Crippen molar-refractivity contribution in [1.29, 1.82) is 0 Å². The fourth-order valence-electron chi connectivity index (χ4n) is 3.87. The average Bonchev–Trinajstić information content (AvgIpc) is 2.94. The zero-order valence-corrected chi connectivity index (χ0v) is 13.9. The molecule has 122 valence electrons. The maximum atomic E-state index is 12.6. The number of aromatic nitrogens is 2. The van der Waals surface area contributed by atoms with E-state index in [0.29, 0.717) is 13.2 Å². The highest BCUT2D eigenvalue weighted by atomic mass is 32.1. The maximum absolute atomic E-state index is 12.6. The number of carbonyl (C=O) groups is 1. The van der Waals surface area contributed by atoms with Crippen LogP contribution in [-0.4, -0.2) is 21.9 Å². The van der Waals surface area contributed by atoms with E-state index in [1.807, 2.05) is 40.4 Å². The molecule has 24 heavy (non-hydrogen) atoms. The Morgan fingerprint density at radius 3 is 3.29 bits per heavy atom. The van der Waals surface area contributed by atoms with Gasteiger partial charge in [-0.05, 0) is 18.9 Å². The molecule has 3 aromatic rings. The molecule has 2 atom stereocenters. The van der Waals surface area contributed by atoms with Gasteiger partial charge in [-0.2, -0.15) is 0 Å². The first-order chi connectivity index (χ1) is 11.8. The molecule has 5 nitrogen and oxygen atoms in total. The molecule has 1 saturated carbocycles. The number of hydrogen-bond donors (Lipinski definition) is 1. The van der Waals surface area contributed by atoms with E-state index in [-0.39, 0.29) is 17.2 Å². The van der Waals surface area contributed by atoms with Gasteiger partial charge in [0, 0.05) is 34.7 Å². The number of ether oxygens (including phenoxy) is 1. The molecule has 1 amide bonds. The summed E-state index contributed by atoms with van der Waals surface area (Å²) in [5, 5.41) is 5.06. The summed E-state index contributed by atoms with van der Waals surface area (Å²) >= 11 is 1.60. The molecule has 1 spiro atoms. The zero-order valence-electron chi connectivity index (χ0n) is 13.1. The monoisotopic (exact) mass is 339 g/mol. The van der Waals surface area contributed by atoms with Crippen molar-refractivity contribution in [3.05, 3.63) is 53.3 Å². The lowest BCUT2D eigenvalue weighted by atomic mass is 9.87. The molecule has 1 aliphatic heterocycles. The van der Waals surface area contributed by atoms with Crippen molar-refractivity contribution in [3.63, 3.8) is 0 Å². The quantitative estimate of drug-likeness (QED) is 0.798. The van der Waals surface area contributed by atoms with Gasteiger partial charge in [0.15, 0.2) is 4.96 Å². The minimum Gasteiger partial charge on any atom is -0.493 e. The molecule has 1 N–H and O–H groups in total. The third kappa shape index (κ3) is 2.06. The van der Waals surface area contributed by atoms with Crippen molar-refractivity contribution in [2.24, 2.45) is 5.92 Å². The zero-order chi connectivity index (χ0) is 16.1. The number of fused-ring (bicyclic) bond motifs is 3. The smallest absolute Gasteiger partial charge is 0.224 e. The predicted molar refractivity (Wildman–Crippen MR) is 91.3 cm³/mol. The van der Waals surface area contributed by atoms with Crippen molar-refractivity contribution in [3.8, 4) is 5.75 Å². The van der Waals surface area contributed by atoms with Gasteiger partial charge in [0.2, 0.25) is 5.91 Å². The van der Waals surface area contributed by atoms with E-state index < -0.39 is 0 Å². The summed E-state index contributed by atoms with van der Waals surface area (Å²) in [6.45, 7) is 1.18. The predicted octanol–water partition coefficient (Wildman–Crippen LogP) is 2.75. The molecule has 1 aliphatic carbocycles. The average molecular weight is 339 g/mol. The summed E-state index contributed by atoms with van der Waals surface area (Å²) in [6, 6.07) is 8.12. The number of hydrogen-bond acceptors (Lipinski definition) is 4. The molecule has 2 unspecified atom stereocenters. The second-order valence-electron chi connectivity index (χ2n) is 6.55. The van der Waals surface area contributed by atoms with E-state index in [0.717, 1.165) is 29.2 Å². The second kappa shape index (κ2) is 5.08. The number of amides is 1. The first-order valence-corrected chi connectivity index (χ1v) is 9.05. The molecule has 1 aromatic carbocycles. The van der Waals surface area contributed by atoms with Crippen LogP contribution in [0.2, 0.25) is 0 Å². The van der Waals surface area contributed by atoms with Crippen LogP contribution in [0.25, 0.3) is 4.96 Å². The second-order valence-corrected chi connectivity index (χ2v) is 7.42. The molecular weight excluding hydrogens is 322 g/mol. The van der Waals surface area contributed by atoms with Gasteiger partial charge in [0.25, 0.3) is 0 Å². The van der Waals surface area contributed by atoms with Gasteiger partial charge in [-0.15, -0.1) is 11.3 Å². The van der Waals surface area contributed by atoms with Gasteiger partial charge in [-0.3, -0.25) is 9.20 Å². The Morgan fingerprint density at radius 1 is 1.46 bits per heavy atom. The highest BCUT2D eigenvalue weighted by Gasteiger charge is 2.60. The fourth-order valence-corrected chi connectivity index (χ4v) is 4.59. The molecular formula is C18H17N3O2S. The van der Waals surface area contributed by atoms with Crippen molar-refractivity contribution in [2.75, 3.05) is 6.61 Å². The minimum absolute atomic E-state index is 0.0204. The van der Waals surface area contributed by atoms with Crippen molar-refractivity contribution in [1.82, 2.24) is 14.7 Å². The van der Waals surface area contributed by atoms with Gasteiger partial charge in [-0.1, -0.05) is 18.2 Å². The topological polar surface area (TPSA) is 55.6 Å². The fraction of sp³-hybridized carbons (Fsp3) is 0.333. The lowest BCUT2D eigenvalue weighted by Crippen LogP contribution is -2.30. The van der Waals surface area contributed by atoms with Crippen molar-refractivity contribution in [2.45, 2.75) is 24.8 Å². The molecule has 1 fully saturated rings. The Morgan fingerprint density at radius 2 is 2.38 bits per heavy atom. The molecule has 6 heteroatoms. The van der Waals surface area contributed by atoms with E-state index in [4.69, 9.17) is 4.74 Å². The largest absolute Gasteiger partial charge is 0.493 e. The minimum atomic E-state index is -0.0204. The van der Waals surface area contributed by atoms with Gasteiger partial charge < -0.3 is 10.1 Å². The Hall–Kier alpha value is -2.34. The summed E-state index contributed by atoms with van der Waals surface area (Å²) in [4.78, 5) is 18.1. The highest BCUT2D eigenvalue weighted by molar-refractivity contribution is 7.15. The normalized spacial score (nSPS) is 24.6. The van der Waals surface area contributed by atoms with Gasteiger partial charge in [0.05, 0.1) is 18.8 Å². The van der Waals surface area contributed by atoms with Crippen LogP contribution in [0.1, 0.15) is 24.1 Å². The first kappa shape index (κ1) is 14.0. The molecule has 2 aliphatic rings. The Balaban J connectivity index is 1.30. The van der Waals surface area contributed by atoms with Crippen LogP contribution in [0.5, 0.6) is 5.75 Å². The van der Waals surface area contributed by atoms with Crippen LogP contribution in [0, 0.1) is 5.92 Å². The summed E-state index contributed by atoms with van der Waals surface area (Å²) in [6.07, 6.45) is 5.78. The van der Waals surface area contributed by atoms with Crippen LogP contribution in [-0.2, 0) is 16.8 Å². The number of benzene rings is 1. The SMILES string of the molecule is O=C(NCc1cn2ccsc2n1)C1CC12CCOc1ccccc12. The Kier molecular flexibility index (Phi) is 2.97. The summed E-state index contributed by atoms with van der Waals surface area (Å²) in [5.74, 6) is 1.11. The molecule has 5 rings (SSSR count). The number of thiazole rings is 1. The maximum Gasteiger partial charge on any atom is 0.224 e. The van der Waals surface area contributed by atoms with Crippen LogP contribution in [0.4, 0.5) is 0 Å². The number of para-hydroxylation sites is 1. The van der Waals surface area contributed by atoms with E-state index in [1.165, 1.54) is 5.56 Å². The van der Waals surface area contributed by atoms with Crippen LogP contribution in [0.15, 0.2) is 42.0 Å². The number of carbonyl (C=O) groups excluding carboxylic acids is 1. The lowest BCUT2D eigenvalue weighted by Gasteiger charge is -2.26. The van der Waals surface area contributed by atoms with Crippen molar-refractivity contribution >= 4 is 22.2 Å². The van der Waals surface area contributed by atoms with Gasteiger partial charge in [-0.25, -0.2) is 4.98 Å². The molecule has 2 aromatic heterocycles. The molecule has 0 radical (unpaired) electrons. The van der Waals surface area contributed by atoms with E-state index in [1.54, 1.807) is 11.3 Å². The molecule has 0 bridgehead atoms. The highest BCUT2D eigenvalue weighted by Crippen LogP contribution is 2.60. The third-order valence-electron chi connectivity index (χ3n) is 5.21. The molecule has 3 heterocycles. The molecule has 0 saturated heterocycles. The van der Waals surface area contributed by atoms with Crippen LogP contribution in [0.3, 0.4) is 0 Å². The first-order valence-electron chi connectivity index (χ1n) is 8.17. The summed E-state index contributed by atoms with van der Waals surface area (Å²) in [5.41, 5.74) is 2.07. The van der Waals surface area contributed by atoms with E-state index >= 15 is 0 Å². The number of rotatable bonds is 3. The van der Waals surface area contributed by atoms with Crippen LogP contribution < -0.4 is 10.1 Å². The van der Waals surface area contributed by atoms with Crippen LogP contribution >= 0.6 is 11.3 Å².